The van der Waals surface area contributed by atoms with Gasteiger partial charge in [-0.2, -0.15) is 0 Å². The molecule has 1 aliphatic rings. The van der Waals surface area contributed by atoms with E-state index >= 15 is 0 Å². The van der Waals surface area contributed by atoms with Gasteiger partial charge in [-0.1, -0.05) is 51.8 Å². The molecule has 0 radical (unpaired) electrons. The van der Waals surface area contributed by atoms with Gasteiger partial charge in [0.25, 0.3) is 0 Å². The van der Waals surface area contributed by atoms with E-state index in [0.29, 0.717) is 12.8 Å². The number of rotatable bonds is 9. The standard InChI is InChI=1S/C18H28O4/c1-6-8-9-10-11-14(3)17(12-7-2)13-18(17,15(19)21-4)16(20)22-5/h10-11H,3,6-9,12-13H2,1-2,4-5H3/b11-10-. The first kappa shape index (κ1) is 18.5. The maximum Gasteiger partial charge on any atom is 0.324 e. The molecule has 4 heteroatoms. The second-order valence-corrected chi connectivity index (χ2v) is 5.97. The molecule has 124 valence electrons. The normalized spacial score (nSPS) is 22.4. The SMILES string of the molecule is C=C(/C=C\CCCC)C1(CCC)CC1(C(=O)OC)C(=O)OC. The van der Waals surface area contributed by atoms with Crippen molar-refractivity contribution in [3.8, 4) is 0 Å². The lowest BCUT2D eigenvalue weighted by Crippen LogP contribution is -2.35. The van der Waals surface area contributed by atoms with E-state index in [4.69, 9.17) is 9.47 Å². The molecule has 1 unspecified atom stereocenters. The summed E-state index contributed by atoms with van der Waals surface area (Å²) in [5.74, 6) is -1.04. The van der Waals surface area contributed by atoms with Gasteiger partial charge in [0.1, 0.15) is 0 Å². The number of hydrogen-bond donors (Lipinski definition) is 0. The van der Waals surface area contributed by atoms with Gasteiger partial charge in [-0.25, -0.2) is 0 Å². The third-order valence-electron chi connectivity index (χ3n) is 4.66. The van der Waals surface area contributed by atoms with Gasteiger partial charge in [-0.05, 0) is 24.8 Å². The Hall–Kier alpha value is -1.58. The van der Waals surface area contributed by atoms with Gasteiger partial charge in [0, 0.05) is 5.41 Å². The number of methoxy groups -OCH3 is 2. The second-order valence-electron chi connectivity index (χ2n) is 5.97. The van der Waals surface area contributed by atoms with E-state index in [1.54, 1.807) is 0 Å². The van der Waals surface area contributed by atoms with Gasteiger partial charge >= 0.3 is 11.9 Å². The predicted molar refractivity (Wildman–Crippen MR) is 86.2 cm³/mol. The Morgan fingerprint density at radius 2 is 1.73 bits per heavy atom. The molecule has 1 rings (SSSR count). The highest BCUT2D eigenvalue weighted by atomic mass is 16.5. The van der Waals surface area contributed by atoms with Crippen LogP contribution >= 0.6 is 0 Å². The van der Waals surface area contributed by atoms with Crippen LogP contribution in [-0.4, -0.2) is 26.2 Å². The van der Waals surface area contributed by atoms with Crippen LogP contribution in [0.3, 0.4) is 0 Å². The Bertz CT molecular complexity index is 448. The summed E-state index contributed by atoms with van der Waals surface area (Å²) in [7, 11) is 2.61. The predicted octanol–water partition coefficient (Wildman–Crippen LogP) is 3.81. The van der Waals surface area contributed by atoms with E-state index in [1.165, 1.54) is 14.2 Å². The average molecular weight is 308 g/mol. The molecule has 1 saturated carbocycles. The molecule has 0 N–H and O–H groups in total. The Labute approximate surface area is 133 Å². The molecular weight excluding hydrogens is 280 g/mol. The zero-order chi connectivity index (χ0) is 16.8. The van der Waals surface area contributed by atoms with Crippen molar-refractivity contribution >= 4 is 11.9 Å². The first-order chi connectivity index (χ1) is 10.5. The molecule has 1 aliphatic carbocycles. The zero-order valence-corrected chi connectivity index (χ0v) is 14.2. The zero-order valence-electron chi connectivity index (χ0n) is 14.2. The van der Waals surface area contributed by atoms with Crippen LogP contribution in [0.1, 0.15) is 52.4 Å². The molecule has 1 atom stereocenters. The summed E-state index contributed by atoms with van der Waals surface area (Å²) in [5, 5.41) is 0. The van der Waals surface area contributed by atoms with Gasteiger partial charge in [-0.15, -0.1) is 0 Å². The fourth-order valence-electron chi connectivity index (χ4n) is 3.36. The van der Waals surface area contributed by atoms with E-state index in [9.17, 15) is 9.59 Å². The van der Waals surface area contributed by atoms with Gasteiger partial charge in [0.05, 0.1) is 14.2 Å². The molecule has 0 saturated heterocycles. The summed E-state index contributed by atoms with van der Waals surface area (Å²) in [6, 6.07) is 0. The van der Waals surface area contributed by atoms with Crippen LogP contribution in [-0.2, 0) is 19.1 Å². The van der Waals surface area contributed by atoms with Crippen molar-refractivity contribution in [3.05, 3.63) is 24.3 Å². The fraction of sp³-hybridized carbons (Fsp3) is 0.667. The molecule has 0 aromatic heterocycles. The molecule has 0 aromatic carbocycles. The Balaban J connectivity index is 3.07. The van der Waals surface area contributed by atoms with Crippen molar-refractivity contribution in [3.63, 3.8) is 0 Å². The molecule has 0 heterocycles. The van der Waals surface area contributed by atoms with E-state index in [1.807, 2.05) is 13.0 Å². The van der Waals surface area contributed by atoms with Crippen molar-refractivity contribution in [1.29, 1.82) is 0 Å². The number of unbranched alkanes of at least 4 members (excludes halogenated alkanes) is 2. The molecule has 0 spiro atoms. The summed E-state index contributed by atoms with van der Waals surface area (Å²) >= 11 is 0. The lowest BCUT2D eigenvalue weighted by molar-refractivity contribution is -0.163. The van der Waals surface area contributed by atoms with Crippen LogP contribution in [0.15, 0.2) is 24.3 Å². The van der Waals surface area contributed by atoms with Crippen LogP contribution in [0.2, 0.25) is 0 Å². The number of ether oxygens (including phenoxy) is 2. The van der Waals surface area contributed by atoms with Gasteiger partial charge in [0.2, 0.25) is 0 Å². The Morgan fingerprint density at radius 3 is 2.18 bits per heavy atom. The highest BCUT2D eigenvalue weighted by molar-refractivity contribution is 6.06. The Morgan fingerprint density at radius 1 is 1.14 bits per heavy atom. The molecule has 0 aromatic rings. The quantitative estimate of drug-likeness (QED) is 0.281. The number of esters is 2. The minimum absolute atomic E-state index is 0.421. The Kier molecular flexibility index (Phi) is 6.39. The van der Waals surface area contributed by atoms with Crippen LogP contribution < -0.4 is 0 Å². The smallest absolute Gasteiger partial charge is 0.324 e. The summed E-state index contributed by atoms with van der Waals surface area (Å²) < 4.78 is 9.78. The minimum atomic E-state index is -1.22. The third-order valence-corrected chi connectivity index (χ3v) is 4.66. The van der Waals surface area contributed by atoms with Crippen LogP contribution in [0.4, 0.5) is 0 Å². The van der Waals surface area contributed by atoms with Crippen molar-refractivity contribution in [2.75, 3.05) is 14.2 Å². The highest BCUT2D eigenvalue weighted by Crippen LogP contribution is 2.71. The molecule has 0 aliphatic heterocycles. The molecule has 22 heavy (non-hydrogen) atoms. The van der Waals surface area contributed by atoms with E-state index in [-0.39, 0.29) is 0 Å². The van der Waals surface area contributed by atoms with Crippen LogP contribution in [0, 0.1) is 10.8 Å². The van der Waals surface area contributed by atoms with Crippen molar-refractivity contribution in [1.82, 2.24) is 0 Å². The lowest BCUT2D eigenvalue weighted by atomic mass is 9.82. The van der Waals surface area contributed by atoms with Crippen molar-refractivity contribution < 1.29 is 19.1 Å². The van der Waals surface area contributed by atoms with E-state index in [0.717, 1.165) is 31.3 Å². The molecule has 1 fully saturated rings. The summed E-state index contributed by atoms with van der Waals surface area (Å²) in [6.07, 6.45) is 9.24. The third kappa shape index (κ3) is 2.96. The summed E-state index contributed by atoms with van der Waals surface area (Å²) in [5.41, 5.74) is -0.968. The number of hydrogen-bond acceptors (Lipinski definition) is 4. The highest BCUT2D eigenvalue weighted by Gasteiger charge is 2.78. The van der Waals surface area contributed by atoms with Crippen molar-refractivity contribution in [2.45, 2.75) is 52.4 Å². The van der Waals surface area contributed by atoms with Crippen LogP contribution in [0.5, 0.6) is 0 Å². The topological polar surface area (TPSA) is 52.6 Å². The van der Waals surface area contributed by atoms with Gasteiger partial charge in [0.15, 0.2) is 5.41 Å². The molecule has 0 amide bonds. The summed E-state index contributed by atoms with van der Waals surface area (Å²) in [4.78, 5) is 24.6. The fourth-order valence-corrected chi connectivity index (χ4v) is 3.36. The van der Waals surface area contributed by atoms with E-state index < -0.39 is 22.8 Å². The lowest BCUT2D eigenvalue weighted by Gasteiger charge is -2.23. The first-order valence-corrected chi connectivity index (χ1v) is 7.99. The largest absolute Gasteiger partial charge is 0.468 e. The molecular formula is C18H28O4. The summed E-state index contributed by atoms with van der Waals surface area (Å²) in [6.45, 7) is 8.31. The number of carbonyl (C=O) groups excluding carboxylic acids is 2. The number of carbonyl (C=O) groups is 2. The monoisotopic (exact) mass is 308 g/mol. The van der Waals surface area contributed by atoms with Crippen LogP contribution in [0.25, 0.3) is 0 Å². The molecule has 0 bridgehead atoms. The van der Waals surface area contributed by atoms with E-state index in [2.05, 4.69) is 19.6 Å². The second kappa shape index (κ2) is 7.61. The average Bonchev–Trinajstić information content (AvgIpc) is 3.21. The first-order valence-electron chi connectivity index (χ1n) is 7.99. The molecule has 4 nitrogen and oxygen atoms in total. The van der Waals surface area contributed by atoms with Crippen molar-refractivity contribution in [2.24, 2.45) is 10.8 Å². The minimum Gasteiger partial charge on any atom is -0.468 e. The maximum absolute atomic E-state index is 12.3. The van der Waals surface area contributed by atoms with Gasteiger partial charge in [-0.3, -0.25) is 9.59 Å². The number of allylic oxidation sites excluding steroid dienone is 3. The van der Waals surface area contributed by atoms with Gasteiger partial charge < -0.3 is 9.47 Å². The maximum atomic E-state index is 12.3.